The Morgan fingerprint density at radius 3 is 2.04 bits per heavy atom. The summed E-state index contributed by atoms with van der Waals surface area (Å²) in [5.41, 5.74) is 4.82. The van der Waals surface area contributed by atoms with Gasteiger partial charge < -0.3 is 4.74 Å². The molecule has 0 saturated carbocycles. The molecule has 2 heteroatoms. The van der Waals surface area contributed by atoms with Crippen molar-refractivity contribution in [2.24, 2.45) is 0 Å². The fraction of sp³-hybridized carbons (Fsp3) is 0.130. The highest BCUT2D eigenvalue weighted by Crippen LogP contribution is 2.26. The number of ether oxygens (including phenoxy) is 1. The molecular weight excluding hydrogens is 324 g/mol. The molecule has 1 nitrogen and oxygen atoms in total. The molecule has 0 bridgehead atoms. The average molecular weight is 346 g/mol. The van der Waals surface area contributed by atoms with Gasteiger partial charge in [-0.15, -0.1) is 11.3 Å². The first-order valence-corrected chi connectivity index (χ1v) is 9.13. The molecule has 0 aliphatic rings. The highest BCUT2D eigenvalue weighted by Gasteiger charge is 2.03. The molecule has 0 amide bonds. The number of thiophene rings is 1. The summed E-state index contributed by atoms with van der Waals surface area (Å²) >= 11 is 1.78. The standard InChI is InChI=1S/C23H22OS/c1-17-15-20(16-23(24-3)18(17)2)10-12-22-14-13-21(25-22)11-9-19-7-5-4-6-8-19/h4-16H,1-3H3/b11-9?,12-10+. The number of aryl methyl sites for hydroxylation is 1. The lowest BCUT2D eigenvalue weighted by Gasteiger charge is -2.08. The van der Waals surface area contributed by atoms with Crippen molar-refractivity contribution in [2.75, 3.05) is 7.11 Å². The molecule has 0 radical (unpaired) electrons. The van der Waals surface area contributed by atoms with Gasteiger partial charge in [-0.05, 0) is 66.5 Å². The third-order valence-corrected chi connectivity index (χ3v) is 5.20. The van der Waals surface area contributed by atoms with Crippen LogP contribution in [-0.2, 0) is 0 Å². The largest absolute Gasteiger partial charge is 0.496 e. The van der Waals surface area contributed by atoms with E-state index in [2.05, 4.69) is 86.7 Å². The summed E-state index contributed by atoms with van der Waals surface area (Å²) in [5, 5.41) is 0. The lowest BCUT2D eigenvalue weighted by Crippen LogP contribution is -1.91. The molecule has 3 aromatic rings. The fourth-order valence-corrected chi connectivity index (χ4v) is 3.45. The van der Waals surface area contributed by atoms with E-state index < -0.39 is 0 Å². The summed E-state index contributed by atoms with van der Waals surface area (Å²) in [6.07, 6.45) is 8.61. The maximum absolute atomic E-state index is 5.46. The van der Waals surface area contributed by atoms with E-state index in [1.54, 1.807) is 18.4 Å². The minimum atomic E-state index is 0.942. The van der Waals surface area contributed by atoms with Crippen LogP contribution in [-0.4, -0.2) is 7.11 Å². The average Bonchev–Trinajstić information content (AvgIpc) is 3.09. The Morgan fingerprint density at radius 2 is 1.40 bits per heavy atom. The molecule has 0 unspecified atom stereocenters. The van der Waals surface area contributed by atoms with Crippen LogP contribution in [0.15, 0.2) is 54.6 Å². The van der Waals surface area contributed by atoms with Gasteiger partial charge in [-0.2, -0.15) is 0 Å². The van der Waals surface area contributed by atoms with Crippen LogP contribution in [0.25, 0.3) is 24.3 Å². The Hall–Kier alpha value is -2.58. The van der Waals surface area contributed by atoms with E-state index >= 15 is 0 Å². The third kappa shape index (κ3) is 4.49. The quantitative estimate of drug-likeness (QED) is 0.498. The fourth-order valence-electron chi connectivity index (χ4n) is 2.63. The summed E-state index contributed by atoms with van der Waals surface area (Å²) in [7, 11) is 1.72. The lowest BCUT2D eigenvalue weighted by molar-refractivity contribution is 0.411. The van der Waals surface area contributed by atoms with Crippen molar-refractivity contribution in [1.82, 2.24) is 0 Å². The van der Waals surface area contributed by atoms with E-state index in [9.17, 15) is 0 Å². The van der Waals surface area contributed by atoms with Crippen LogP contribution >= 0.6 is 11.3 Å². The zero-order chi connectivity index (χ0) is 17.6. The van der Waals surface area contributed by atoms with Gasteiger partial charge in [0.25, 0.3) is 0 Å². The molecule has 3 rings (SSSR count). The Bertz CT molecular complexity index is 901. The zero-order valence-electron chi connectivity index (χ0n) is 14.8. The SMILES string of the molecule is COc1cc(/C=C/c2ccc(C=Cc3ccccc3)s2)cc(C)c1C. The highest BCUT2D eigenvalue weighted by atomic mass is 32.1. The van der Waals surface area contributed by atoms with E-state index in [0.717, 1.165) is 11.3 Å². The molecule has 0 aliphatic heterocycles. The van der Waals surface area contributed by atoms with Gasteiger partial charge in [0.2, 0.25) is 0 Å². The van der Waals surface area contributed by atoms with Gasteiger partial charge in [0.1, 0.15) is 5.75 Å². The third-order valence-electron chi connectivity index (χ3n) is 4.19. The molecule has 126 valence electrons. The second-order valence-corrected chi connectivity index (χ2v) is 7.13. The molecule has 0 spiro atoms. The van der Waals surface area contributed by atoms with Crippen molar-refractivity contribution < 1.29 is 4.74 Å². The molecule has 1 aromatic heterocycles. The predicted molar refractivity (Wildman–Crippen MR) is 111 cm³/mol. The van der Waals surface area contributed by atoms with Gasteiger partial charge in [-0.3, -0.25) is 0 Å². The van der Waals surface area contributed by atoms with E-state index in [0.29, 0.717) is 0 Å². The number of hydrogen-bond donors (Lipinski definition) is 0. The molecular formula is C23H22OS. The Kier molecular flexibility index (Phi) is 5.52. The normalized spacial score (nSPS) is 11.5. The van der Waals surface area contributed by atoms with Crippen LogP contribution in [0.5, 0.6) is 5.75 Å². The van der Waals surface area contributed by atoms with Gasteiger partial charge >= 0.3 is 0 Å². The minimum Gasteiger partial charge on any atom is -0.496 e. The maximum atomic E-state index is 5.46. The molecule has 0 N–H and O–H groups in total. The Balaban J connectivity index is 1.74. The summed E-state index contributed by atoms with van der Waals surface area (Å²) in [6.45, 7) is 4.21. The number of rotatable bonds is 5. The van der Waals surface area contributed by atoms with Crippen molar-refractivity contribution in [2.45, 2.75) is 13.8 Å². The molecule has 1 heterocycles. The highest BCUT2D eigenvalue weighted by molar-refractivity contribution is 7.13. The van der Waals surface area contributed by atoms with Crippen molar-refractivity contribution in [3.8, 4) is 5.75 Å². The van der Waals surface area contributed by atoms with Crippen LogP contribution < -0.4 is 4.74 Å². The topological polar surface area (TPSA) is 9.23 Å². The van der Waals surface area contributed by atoms with Gasteiger partial charge in [0.15, 0.2) is 0 Å². The summed E-state index contributed by atoms with van der Waals surface area (Å²) in [6, 6.07) is 19.0. The monoisotopic (exact) mass is 346 g/mol. The Morgan fingerprint density at radius 1 is 0.760 bits per heavy atom. The predicted octanol–water partition coefficient (Wildman–Crippen LogP) is 6.71. The summed E-state index contributed by atoms with van der Waals surface area (Å²) in [4.78, 5) is 2.49. The van der Waals surface area contributed by atoms with Crippen molar-refractivity contribution >= 4 is 35.6 Å². The minimum absolute atomic E-state index is 0.942. The van der Waals surface area contributed by atoms with E-state index in [4.69, 9.17) is 4.74 Å². The summed E-state index contributed by atoms with van der Waals surface area (Å²) < 4.78 is 5.46. The molecule has 0 saturated heterocycles. The van der Waals surface area contributed by atoms with E-state index in [1.165, 1.54) is 26.4 Å². The smallest absolute Gasteiger partial charge is 0.122 e. The Labute approximate surface area is 153 Å². The first-order chi connectivity index (χ1) is 12.2. The first kappa shape index (κ1) is 17.2. The molecule has 25 heavy (non-hydrogen) atoms. The second-order valence-electron chi connectivity index (χ2n) is 5.98. The van der Waals surface area contributed by atoms with Crippen LogP contribution in [0.1, 0.15) is 32.0 Å². The van der Waals surface area contributed by atoms with Crippen LogP contribution in [0.4, 0.5) is 0 Å². The van der Waals surface area contributed by atoms with Crippen molar-refractivity contribution in [3.63, 3.8) is 0 Å². The van der Waals surface area contributed by atoms with E-state index in [1.807, 2.05) is 6.07 Å². The van der Waals surface area contributed by atoms with E-state index in [-0.39, 0.29) is 0 Å². The summed E-state index contributed by atoms with van der Waals surface area (Å²) in [5.74, 6) is 0.942. The molecule has 0 atom stereocenters. The second kappa shape index (κ2) is 8.00. The van der Waals surface area contributed by atoms with Crippen molar-refractivity contribution in [3.05, 3.63) is 86.6 Å². The lowest BCUT2D eigenvalue weighted by atomic mass is 10.0. The number of benzene rings is 2. The molecule has 2 aromatic carbocycles. The van der Waals surface area contributed by atoms with Gasteiger partial charge in [-0.1, -0.05) is 48.6 Å². The zero-order valence-corrected chi connectivity index (χ0v) is 15.6. The number of hydrogen-bond acceptors (Lipinski definition) is 2. The van der Waals surface area contributed by atoms with Gasteiger partial charge in [0.05, 0.1) is 7.11 Å². The van der Waals surface area contributed by atoms with Crippen LogP contribution in [0, 0.1) is 13.8 Å². The van der Waals surface area contributed by atoms with Gasteiger partial charge in [-0.25, -0.2) is 0 Å². The van der Waals surface area contributed by atoms with Gasteiger partial charge in [0, 0.05) is 9.75 Å². The first-order valence-electron chi connectivity index (χ1n) is 8.32. The van der Waals surface area contributed by atoms with Crippen molar-refractivity contribution in [1.29, 1.82) is 0 Å². The number of methoxy groups -OCH3 is 1. The molecule has 0 aliphatic carbocycles. The maximum Gasteiger partial charge on any atom is 0.122 e. The van der Waals surface area contributed by atoms with Crippen LogP contribution in [0.3, 0.4) is 0 Å². The van der Waals surface area contributed by atoms with Crippen LogP contribution in [0.2, 0.25) is 0 Å². The molecule has 0 fully saturated rings.